The third-order valence-electron chi connectivity index (χ3n) is 2.57. The number of hydrogen-bond donors (Lipinski definition) is 2. The quantitative estimate of drug-likeness (QED) is 0.661. The Morgan fingerprint density at radius 3 is 2.73 bits per heavy atom. The number of amides is 1. The molecule has 1 amide bonds. The molecule has 1 aromatic heterocycles. The van der Waals surface area contributed by atoms with Crippen molar-refractivity contribution in [2.45, 2.75) is 6.92 Å². The van der Waals surface area contributed by atoms with Gasteiger partial charge in [-0.2, -0.15) is 0 Å². The van der Waals surface area contributed by atoms with E-state index in [0.29, 0.717) is 0 Å². The summed E-state index contributed by atoms with van der Waals surface area (Å²) in [5.41, 5.74) is 5.11. The fraction of sp³-hybridized carbons (Fsp3) is 0.0769. The molecule has 0 spiro atoms. The zero-order valence-electron chi connectivity index (χ0n) is 11.4. The summed E-state index contributed by atoms with van der Waals surface area (Å²) in [6, 6.07) is 4.87. The molecule has 0 unspecified atom stereocenters. The van der Waals surface area contributed by atoms with Gasteiger partial charge in [0.1, 0.15) is 0 Å². The maximum Gasteiger partial charge on any atom is 0.353 e. The number of halogens is 1. The molecule has 1 aromatic carbocycles. The summed E-state index contributed by atoms with van der Waals surface area (Å²) in [5.74, 6) is -1.97. The van der Waals surface area contributed by atoms with Crippen molar-refractivity contribution in [1.29, 1.82) is 0 Å². The lowest BCUT2D eigenvalue weighted by Crippen LogP contribution is -2.06. The predicted molar refractivity (Wildman–Crippen MR) is 76.1 cm³/mol. The summed E-state index contributed by atoms with van der Waals surface area (Å²) in [6.45, 7) is 1.28. The molecule has 0 aliphatic carbocycles. The lowest BCUT2D eigenvalue weighted by molar-refractivity contribution is -0.384. The maximum atomic E-state index is 13.9. The molecule has 0 atom stereocenters. The van der Waals surface area contributed by atoms with E-state index in [9.17, 15) is 19.3 Å². The van der Waals surface area contributed by atoms with Crippen molar-refractivity contribution in [2.75, 3.05) is 11.1 Å². The molecule has 22 heavy (non-hydrogen) atoms. The Labute approximate surface area is 123 Å². The number of nitro groups is 1. The largest absolute Gasteiger partial charge is 0.447 e. The van der Waals surface area contributed by atoms with E-state index in [1.165, 1.54) is 31.3 Å². The number of hydrogen-bond acceptors (Lipinski definition) is 6. The lowest BCUT2D eigenvalue weighted by Gasteiger charge is -2.09. The van der Waals surface area contributed by atoms with Crippen LogP contribution in [0.2, 0.25) is 0 Å². The van der Waals surface area contributed by atoms with Crippen LogP contribution >= 0.6 is 0 Å². The number of nitrogens with one attached hydrogen (secondary N) is 1. The minimum atomic E-state index is -0.795. The molecule has 0 aliphatic rings. The van der Waals surface area contributed by atoms with Gasteiger partial charge in [-0.3, -0.25) is 14.9 Å². The SMILES string of the molecule is CC(=O)Nc1ccc(Oc2ccnc(N)c2[N+](=O)[O-])c(F)c1. The number of aromatic nitrogens is 1. The maximum absolute atomic E-state index is 13.9. The summed E-state index contributed by atoms with van der Waals surface area (Å²) in [4.78, 5) is 24.7. The van der Waals surface area contributed by atoms with E-state index >= 15 is 0 Å². The molecule has 0 saturated heterocycles. The zero-order valence-corrected chi connectivity index (χ0v) is 11.4. The van der Waals surface area contributed by atoms with E-state index in [0.717, 1.165) is 6.07 Å². The number of carbonyl (C=O) groups excluding carboxylic acids is 1. The third-order valence-corrected chi connectivity index (χ3v) is 2.57. The highest BCUT2D eigenvalue weighted by atomic mass is 19.1. The number of nitrogen functional groups attached to an aromatic ring is 1. The number of benzene rings is 1. The zero-order chi connectivity index (χ0) is 16.3. The topological polar surface area (TPSA) is 120 Å². The molecule has 0 bridgehead atoms. The van der Waals surface area contributed by atoms with E-state index < -0.39 is 16.4 Å². The summed E-state index contributed by atoms with van der Waals surface area (Å²) in [6.07, 6.45) is 1.21. The normalized spacial score (nSPS) is 10.1. The van der Waals surface area contributed by atoms with Gasteiger partial charge in [0.05, 0.1) is 4.92 Å². The molecular formula is C13H11FN4O4. The van der Waals surface area contributed by atoms with Gasteiger partial charge < -0.3 is 15.8 Å². The van der Waals surface area contributed by atoms with Crippen LogP contribution < -0.4 is 15.8 Å². The second-order valence-electron chi connectivity index (χ2n) is 4.23. The average Bonchev–Trinajstić information content (AvgIpc) is 2.40. The molecule has 0 fully saturated rings. The third kappa shape index (κ3) is 3.26. The van der Waals surface area contributed by atoms with Gasteiger partial charge in [0, 0.05) is 30.9 Å². The van der Waals surface area contributed by atoms with Crippen LogP contribution in [0.1, 0.15) is 6.92 Å². The van der Waals surface area contributed by atoms with Crippen LogP contribution in [0.25, 0.3) is 0 Å². The average molecular weight is 306 g/mol. The number of rotatable bonds is 4. The highest BCUT2D eigenvalue weighted by Gasteiger charge is 2.22. The van der Waals surface area contributed by atoms with Crippen LogP contribution in [0.5, 0.6) is 11.5 Å². The Bertz CT molecular complexity index is 751. The number of pyridine rings is 1. The molecule has 0 aliphatic heterocycles. The number of nitrogens with two attached hydrogens (primary N) is 1. The molecule has 9 heteroatoms. The monoisotopic (exact) mass is 306 g/mol. The van der Waals surface area contributed by atoms with Gasteiger partial charge in [0.2, 0.25) is 17.5 Å². The molecule has 2 aromatic rings. The van der Waals surface area contributed by atoms with Crippen molar-refractivity contribution in [2.24, 2.45) is 0 Å². The molecule has 2 rings (SSSR count). The van der Waals surface area contributed by atoms with Gasteiger partial charge in [-0.05, 0) is 12.1 Å². The molecule has 114 valence electrons. The van der Waals surface area contributed by atoms with Crippen molar-refractivity contribution < 1.29 is 18.8 Å². The van der Waals surface area contributed by atoms with Crippen LogP contribution in [0.4, 0.5) is 21.6 Å². The van der Waals surface area contributed by atoms with Crippen LogP contribution in [0.15, 0.2) is 30.5 Å². The van der Waals surface area contributed by atoms with Crippen molar-refractivity contribution in [3.8, 4) is 11.5 Å². The highest BCUT2D eigenvalue weighted by Crippen LogP contribution is 2.35. The first-order valence-electron chi connectivity index (χ1n) is 6.02. The fourth-order valence-corrected chi connectivity index (χ4v) is 1.70. The first-order valence-corrected chi connectivity index (χ1v) is 6.02. The van der Waals surface area contributed by atoms with Crippen molar-refractivity contribution in [3.05, 3.63) is 46.4 Å². The summed E-state index contributed by atoms with van der Waals surface area (Å²) in [7, 11) is 0. The van der Waals surface area contributed by atoms with Gasteiger partial charge in [0.15, 0.2) is 11.6 Å². The second-order valence-corrected chi connectivity index (χ2v) is 4.23. The Morgan fingerprint density at radius 2 is 2.14 bits per heavy atom. The number of anilines is 2. The van der Waals surface area contributed by atoms with E-state index in [1.54, 1.807) is 0 Å². The van der Waals surface area contributed by atoms with Crippen LogP contribution in [0.3, 0.4) is 0 Å². The molecular weight excluding hydrogens is 295 g/mol. The summed E-state index contributed by atoms with van der Waals surface area (Å²) < 4.78 is 19.1. The van der Waals surface area contributed by atoms with Crippen LogP contribution in [-0.4, -0.2) is 15.8 Å². The predicted octanol–water partition coefficient (Wildman–Crippen LogP) is 2.46. The van der Waals surface area contributed by atoms with Gasteiger partial charge in [0.25, 0.3) is 0 Å². The molecule has 8 nitrogen and oxygen atoms in total. The molecule has 3 N–H and O–H groups in total. The van der Waals surface area contributed by atoms with E-state index in [2.05, 4.69) is 10.3 Å². The number of carbonyl (C=O) groups is 1. The smallest absolute Gasteiger partial charge is 0.353 e. The molecule has 0 radical (unpaired) electrons. The standard InChI is InChI=1S/C13H11FN4O4/c1-7(19)17-8-2-3-10(9(14)6-8)22-11-4-5-16-13(15)12(11)18(20)21/h2-6H,1H3,(H2,15,16)(H,17,19). The Kier molecular flexibility index (Phi) is 4.16. The van der Waals surface area contributed by atoms with Crippen molar-refractivity contribution in [3.63, 3.8) is 0 Å². The van der Waals surface area contributed by atoms with E-state index in [-0.39, 0.29) is 28.9 Å². The fourth-order valence-electron chi connectivity index (χ4n) is 1.70. The Hall–Kier alpha value is -3.23. The molecule has 0 saturated carbocycles. The minimum absolute atomic E-state index is 0.233. The minimum Gasteiger partial charge on any atom is -0.447 e. The van der Waals surface area contributed by atoms with E-state index in [4.69, 9.17) is 10.5 Å². The van der Waals surface area contributed by atoms with Crippen LogP contribution in [-0.2, 0) is 4.79 Å². The molecule has 1 heterocycles. The van der Waals surface area contributed by atoms with Gasteiger partial charge >= 0.3 is 5.69 Å². The first-order chi connectivity index (χ1) is 10.4. The number of ether oxygens (including phenoxy) is 1. The van der Waals surface area contributed by atoms with Crippen molar-refractivity contribution in [1.82, 2.24) is 4.98 Å². The summed E-state index contributed by atoms with van der Waals surface area (Å²) in [5, 5.41) is 13.4. The van der Waals surface area contributed by atoms with Crippen LogP contribution in [0, 0.1) is 15.9 Å². The van der Waals surface area contributed by atoms with E-state index in [1.807, 2.05) is 0 Å². The Morgan fingerprint density at radius 1 is 1.41 bits per heavy atom. The highest BCUT2D eigenvalue weighted by molar-refractivity contribution is 5.88. The number of nitrogens with zero attached hydrogens (tertiary/aromatic N) is 2. The lowest BCUT2D eigenvalue weighted by atomic mass is 10.2. The second kappa shape index (κ2) is 6.04. The van der Waals surface area contributed by atoms with Crippen molar-refractivity contribution >= 4 is 23.1 Å². The van der Waals surface area contributed by atoms with Gasteiger partial charge in [-0.25, -0.2) is 9.37 Å². The first kappa shape index (κ1) is 15.2. The summed E-state index contributed by atoms with van der Waals surface area (Å²) >= 11 is 0. The van der Waals surface area contributed by atoms with Gasteiger partial charge in [-0.15, -0.1) is 0 Å². The Balaban J connectivity index is 2.34. The van der Waals surface area contributed by atoms with Gasteiger partial charge in [-0.1, -0.05) is 0 Å².